The van der Waals surface area contributed by atoms with Crippen molar-refractivity contribution in [2.45, 2.75) is 25.0 Å². The van der Waals surface area contributed by atoms with Crippen LogP contribution >= 0.6 is 0 Å². The highest BCUT2D eigenvalue weighted by molar-refractivity contribution is 7.92. The molecule has 2 unspecified atom stereocenters. The zero-order valence-electron chi connectivity index (χ0n) is 20.3. The van der Waals surface area contributed by atoms with E-state index >= 15 is 0 Å². The van der Waals surface area contributed by atoms with Gasteiger partial charge < -0.3 is 20.1 Å². The van der Waals surface area contributed by atoms with E-state index in [4.69, 9.17) is 0 Å². The Kier molecular flexibility index (Phi) is 5.57. The molecule has 0 aliphatic carbocycles. The summed E-state index contributed by atoms with van der Waals surface area (Å²) in [6, 6.07) is 17.5. The van der Waals surface area contributed by atoms with Gasteiger partial charge in [0.05, 0.1) is 18.3 Å². The van der Waals surface area contributed by atoms with Crippen LogP contribution in [0.15, 0.2) is 67.1 Å². The van der Waals surface area contributed by atoms with Gasteiger partial charge in [-0.15, -0.1) is 0 Å². The number of fused-ring (bicyclic) bond motifs is 3. The topological polar surface area (TPSA) is 95.4 Å². The van der Waals surface area contributed by atoms with E-state index in [1.807, 2.05) is 36.7 Å². The number of hydrogen-bond donors (Lipinski definition) is 2. The van der Waals surface area contributed by atoms with Crippen molar-refractivity contribution in [3.63, 3.8) is 0 Å². The first-order chi connectivity index (χ1) is 17.3. The fourth-order valence-electron chi connectivity index (χ4n) is 5.23. The number of nitrogens with zero attached hydrogens (tertiary/aromatic N) is 5. The first kappa shape index (κ1) is 22.8. The fraction of sp³-hybridized carbons (Fsp3) is 0.308. The molecule has 2 bridgehead atoms. The van der Waals surface area contributed by atoms with Gasteiger partial charge in [0.15, 0.2) is 0 Å². The first-order valence-corrected chi connectivity index (χ1v) is 13.9. The molecule has 4 aromatic rings. The van der Waals surface area contributed by atoms with Crippen LogP contribution in [-0.2, 0) is 16.6 Å². The predicted molar refractivity (Wildman–Crippen MR) is 144 cm³/mol. The number of hydrogen-bond acceptors (Lipinski definition) is 7. The molecule has 9 nitrogen and oxygen atoms in total. The Balaban J connectivity index is 1.23. The van der Waals surface area contributed by atoms with E-state index in [1.165, 1.54) is 29.7 Å². The van der Waals surface area contributed by atoms with Crippen molar-refractivity contribution in [1.82, 2.24) is 19.9 Å². The number of pyridine rings is 2. The number of rotatable bonds is 7. The van der Waals surface area contributed by atoms with Crippen LogP contribution < -0.4 is 19.8 Å². The Morgan fingerprint density at radius 1 is 1.17 bits per heavy atom. The molecule has 2 N–H and O–H groups in total. The van der Waals surface area contributed by atoms with Gasteiger partial charge in [-0.25, -0.2) is 18.4 Å². The minimum absolute atomic E-state index is 0.427. The molecule has 186 valence electrons. The molecule has 6 rings (SSSR count). The number of sulfonamides is 1. The fourth-order valence-corrected chi connectivity index (χ4v) is 5.71. The van der Waals surface area contributed by atoms with Crippen LogP contribution in [0.1, 0.15) is 12.0 Å². The molecule has 0 spiro atoms. The van der Waals surface area contributed by atoms with Crippen LogP contribution in [0, 0.1) is 0 Å². The van der Waals surface area contributed by atoms with E-state index in [0.29, 0.717) is 24.4 Å². The third-order valence-electron chi connectivity index (χ3n) is 7.19. The average molecular weight is 504 g/mol. The Bertz CT molecular complexity index is 1520. The van der Waals surface area contributed by atoms with Crippen molar-refractivity contribution in [3.8, 4) is 0 Å². The lowest BCUT2D eigenvalue weighted by molar-refractivity contribution is 0.580. The lowest BCUT2D eigenvalue weighted by atomic mass is 10.2. The van der Waals surface area contributed by atoms with Gasteiger partial charge in [0, 0.05) is 79.2 Å². The maximum Gasteiger partial charge on any atom is 0.233 e. The van der Waals surface area contributed by atoms with Crippen LogP contribution in [0.25, 0.3) is 10.9 Å². The number of aromatic nitrogens is 3. The monoisotopic (exact) mass is 503 g/mol. The largest absolute Gasteiger partial charge is 0.366 e. The van der Waals surface area contributed by atoms with E-state index < -0.39 is 10.0 Å². The summed E-state index contributed by atoms with van der Waals surface area (Å²) in [7, 11) is -1.89. The van der Waals surface area contributed by atoms with Crippen molar-refractivity contribution < 1.29 is 8.42 Å². The molecule has 10 heteroatoms. The van der Waals surface area contributed by atoms with Crippen LogP contribution in [0.5, 0.6) is 0 Å². The van der Waals surface area contributed by atoms with Crippen molar-refractivity contribution >= 4 is 43.9 Å². The van der Waals surface area contributed by atoms with Gasteiger partial charge in [0.1, 0.15) is 11.6 Å². The van der Waals surface area contributed by atoms with Crippen LogP contribution in [0.2, 0.25) is 0 Å². The summed E-state index contributed by atoms with van der Waals surface area (Å²) in [5, 5.41) is 7.98. The number of piperazine rings is 1. The molecule has 2 aliphatic heterocycles. The summed E-state index contributed by atoms with van der Waals surface area (Å²) in [5.41, 5.74) is 4.06. The maximum absolute atomic E-state index is 12.1. The molecule has 2 atom stereocenters. The van der Waals surface area contributed by atoms with Crippen LogP contribution in [-0.4, -0.2) is 61.4 Å². The van der Waals surface area contributed by atoms with Gasteiger partial charge in [-0.05, 0) is 42.8 Å². The lowest BCUT2D eigenvalue weighted by Crippen LogP contribution is -2.43. The summed E-state index contributed by atoms with van der Waals surface area (Å²) in [6.07, 6.45) is 7.86. The summed E-state index contributed by atoms with van der Waals surface area (Å²) < 4.78 is 27.5. The highest BCUT2D eigenvalue weighted by atomic mass is 32.2. The van der Waals surface area contributed by atoms with Gasteiger partial charge in [0.25, 0.3) is 0 Å². The van der Waals surface area contributed by atoms with Crippen molar-refractivity contribution in [3.05, 3.63) is 72.7 Å². The molecule has 2 aliphatic rings. The smallest absolute Gasteiger partial charge is 0.233 e. The van der Waals surface area contributed by atoms with Gasteiger partial charge in [0.2, 0.25) is 10.0 Å². The first-order valence-electron chi connectivity index (χ1n) is 12.0. The quantitative estimate of drug-likeness (QED) is 0.400. The third kappa shape index (κ3) is 4.27. The number of benzene rings is 1. The van der Waals surface area contributed by atoms with E-state index in [-0.39, 0.29) is 0 Å². The molecule has 3 aromatic heterocycles. The average Bonchev–Trinajstić information content (AvgIpc) is 3.60. The SMILES string of the molecule is CN(c1ncccc1Cn1ccc2cnc(Nc3ccc(N4CC5CC4CN5)cc3)cc21)S(C)(=O)=O. The number of nitrogens with one attached hydrogen (secondary N) is 2. The summed E-state index contributed by atoms with van der Waals surface area (Å²) in [4.78, 5) is 11.4. The zero-order chi connectivity index (χ0) is 24.9. The van der Waals surface area contributed by atoms with Gasteiger partial charge in [-0.3, -0.25) is 4.31 Å². The molecular weight excluding hydrogens is 474 g/mol. The molecule has 0 amide bonds. The standard InChI is InChI=1S/C26H29N7O2S/c1-31(36(2,34)35)26-19(4-3-10-27-26)16-32-11-9-18-14-29-25(13-24(18)32)30-20-5-7-22(8-6-20)33-17-21-12-23(33)15-28-21/h3-11,13-14,21,23,28H,12,15-17H2,1-2H3,(H,29,30). The second-order valence-electron chi connectivity index (χ2n) is 9.61. The molecule has 2 saturated heterocycles. The highest BCUT2D eigenvalue weighted by Crippen LogP contribution is 2.31. The lowest BCUT2D eigenvalue weighted by Gasteiger charge is -2.29. The van der Waals surface area contributed by atoms with Crippen molar-refractivity contribution in [2.75, 3.05) is 40.9 Å². The minimum Gasteiger partial charge on any atom is -0.366 e. The van der Waals surface area contributed by atoms with E-state index in [1.54, 1.807) is 6.20 Å². The Labute approximate surface area is 210 Å². The molecule has 36 heavy (non-hydrogen) atoms. The zero-order valence-corrected chi connectivity index (χ0v) is 21.1. The van der Waals surface area contributed by atoms with Crippen LogP contribution in [0.3, 0.4) is 0 Å². The summed E-state index contributed by atoms with van der Waals surface area (Å²) in [6.45, 7) is 2.63. The van der Waals surface area contributed by atoms with Gasteiger partial charge in [-0.2, -0.15) is 0 Å². The van der Waals surface area contributed by atoms with Gasteiger partial charge >= 0.3 is 0 Å². The normalized spacial score (nSPS) is 19.2. The Morgan fingerprint density at radius 3 is 2.72 bits per heavy atom. The van der Waals surface area contributed by atoms with E-state index in [0.717, 1.165) is 41.1 Å². The molecule has 2 fully saturated rings. The number of anilines is 4. The van der Waals surface area contributed by atoms with Crippen LogP contribution in [0.4, 0.5) is 23.0 Å². The third-order valence-corrected chi connectivity index (χ3v) is 8.36. The maximum atomic E-state index is 12.1. The van der Waals surface area contributed by atoms with Gasteiger partial charge in [-0.1, -0.05) is 6.07 Å². The molecule has 1 aromatic carbocycles. The summed E-state index contributed by atoms with van der Waals surface area (Å²) in [5.74, 6) is 1.18. The Morgan fingerprint density at radius 2 is 2.00 bits per heavy atom. The van der Waals surface area contributed by atoms with Crippen molar-refractivity contribution in [1.29, 1.82) is 0 Å². The minimum atomic E-state index is -3.42. The molecule has 0 saturated carbocycles. The second-order valence-corrected chi connectivity index (χ2v) is 11.6. The predicted octanol–water partition coefficient (Wildman–Crippen LogP) is 3.17. The molecular formula is C26H29N7O2S. The second kappa shape index (κ2) is 8.79. The van der Waals surface area contributed by atoms with E-state index in [9.17, 15) is 8.42 Å². The van der Waals surface area contributed by atoms with E-state index in [2.05, 4.69) is 54.3 Å². The highest BCUT2D eigenvalue weighted by Gasteiger charge is 2.37. The summed E-state index contributed by atoms with van der Waals surface area (Å²) >= 11 is 0. The Hall–Kier alpha value is -3.63. The molecule has 0 radical (unpaired) electrons. The molecule has 5 heterocycles. The van der Waals surface area contributed by atoms with Crippen molar-refractivity contribution in [2.24, 2.45) is 0 Å².